The summed E-state index contributed by atoms with van der Waals surface area (Å²) in [4.78, 5) is 4.78. The van der Waals surface area contributed by atoms with Crippen LogP contribution in [0.3, 0.4) is 0 Å². The zero-order valence-electron chi connectivity index (χ0n) is 12.4. The monoisotopic (exact) mass is 257 g/mol. The highest BCUT2D eigenvalue weighted by molar-refractivity contribution is 5.61. The van der Waals surface area contributed by atoms with Crippen LogP contribution in [0.15, 0.2) is 30.3 Å². The van der Waals surface area contributed by atoms with E-state index in [1.165, 1.54) is 0 Å². The van der Waals surface area contributed by atoms with Crippen molar-refractivity contribution in [2.24, 2.45) is 0 Å². The molecule has 19 heavy (non-hydrogen) atoms. The second-order valence-corrected chi connectivity index (χ2v) is 6.23. The molecule has 0 aliphatic rings. The van der Waals surface area contributed by atoms with Gasteiger partial charge in [-0.15, -0.1) is 0 Å². The normalized spacial score (nSPS) is 12.1. The summed E-state index contributed by atoms with van der Waals surface area (Å²) in [5.41, 5.74) is 8.33. The fourth-order valence-corrected chi connectivity index (χ4v) is 2.33. The Hall–Kier alpha value is -1.77. The van der Waals surface area contributed by atoms with Gasteiger partial charge >= 0.3 is 0 Å². The molecule has 3 nitrogen and oxygen atoms in total. The van der Waals surface area contributed by atoms with Gasteiger partial charge in [0.05, 0.1) is 5.69 Å². The maximum absolute atomic E-state index is 6.33. The topological polar surface area (TPSA) is 43.8 Å². The fourth-order valence-electron chi connectivity index (χ4n) is 2.33. The number of rotatable bonds is 2. The summed E-state index contributed by atoms with van der Waals surface area (Å²) in [5, 5.41) is 0. The zero-order chi connectivity index (χ0) is 14.2. The average Bonchev–Trinajstić information content (AvgIpc) is 2.68. The molecule has 0 saturated carbocycles. The lowest BCUT2D eigenvalue weighted by Gasteiger charge is -2.25. The number of hydrogen-bond donors (Lipinski definition) is 1. The Morgan fingerprint density at radius 1 is 1.11 bits per heavy atom. The van der Waals surface area contributed by atoms with Gasteiger partial charge in [-0.05, 0) is 26.7 Å². The standard InChI is InChI=1S/C16H23N3/c1-11(2)13-14(17)19(16(3,4)5)15(18-13)12-9-7-6-8-10-12/h6-11H,17H2,1-5H3. The maximum atomic E-state index is 6.33. The van der Waals surface area contributed by atoms with Crippen molar-refractivity contribution in [2.75, 3.05) is 5.73 Å². The Labute approximate surface area is 115 Å². The number of nitrogen functional groups attached to an aromatic ring is 1. The van der Waals surface area contributed by atoms with E-state index in [0.717, 1.165) is 22.9 Å². The van der Waals surface area contributed by atoms with Gasteiger partial charge in [0.1, 0.15) is 11.6 Å². The van der Waals surface area contributed by atoms with E-state index in [1.807, 2.05) is 18.2 Å². The third-order valence-corrected chi connectivity index (χ3v) is 3.19. The van der Waals surface area contributed by atoms with E-state index in [-0.39, 0.29) is 5.54 Å². The summed E-state index contributed by atoms with van der Waals surface area (Å²) in [6.07, 6.45) is 0. The van der Waals surface area contributed by atoms with Crippen molar-refractivity contribution in [3.63, 3.8) is 0 Å². The number of anilines is 1. The highest BCUT2D eigenvalue weighted by Crippen LogP contribution is 2.33. The molecular weight excluding hydrogens is 234 g/mol. The van der Waals surface area contributed by atoms with Gasteiger partial charge in [0.15, 0.2) is 0 Å². The number of imidazole rings is 1. The summed E-state index contributed by atoms with van der Waals surface area (Å²) in [7, 11) is 0. The molecule has 2 aromatic rings. The van der Waals surface area contributed by atoms with E-state index in [2.05, 4.69) is 51.3 Å². The Bertz CT molecular complexity index is 560. The van der Waals surface area contributed by atoms with E-state index in [9.17, 15) is 0 Å². The summed E-state index contributed by atoms with van der Waals surface area (Å²) < 4.78 is 2.14. The lowest BCUT2D eigenvalue weighted by Crippen LogP contribution is -2.24. The van der Waals surface area contributed by atoms with E-state index < -0.39 is 0 Å². The van der Waals surface area contributed by atoms with Crippen LogP contribution in [0.2, 0.25) is 0 Å². The SMILES string of the molecule is CC(C)c1nc(-c2ccccc2)n(C(C)(C)C)c1N. The van der Waals surface area contributed by atoms with Gasteiger partial charge in [-0.2, -0.15) is 0 Å². The molecule has 0 aliphatic heterocycles. The van der Waals surface area contributed by atoms with Gasteiger partial charge in [0.2, 0.25) is 0 Å². The highest BCUT2D eigenvalue weighted by atomic mass is 15.2. The van der Waals surface area contributed by atoms with Crippen LogP contribution >= 0.6 is 0 Å². The number of hydrogen-bond acceptors (Lipinski definition) is 2. The van der Waals surface area contributed by atoms with E-state index in [1.54, 1.807) is 0 Å². The third-order valence-electron chi connectivity index (χ3n) is 3.19. The second kappa shape index (κ2) is 4.72. The van der Waals surface area contributed by atoms with Crippen LogP contribution < -0.4 is 5.73 Å². The lowest BCUT2D eigenvalue weighted by atomic mass is 10.1. The van der Waals surface area contributed by atoms with Gasteiger partial charge in [0, 0.05) is 11.1 Å². The molecule has 0 fully saturated rings. The van der Waals surface area contributed by atoms with Crippen LogP contribution in [-0.4, -0.2) is 9.55 Å². The van der Waals surface area contributed by atoms with E-state index in [0.29, 0.717) is 5.92 Å². The van der Waals surface area contributed by atoms with Gasteiger partial charge in [0.25, 0.3) is 0 Å². The number of nitrogens with two attached hydrogens (primary N) is 1. The first kappa shape index (κ1) is 13.7. The van der Waals surface area contributed by atoms with Crippen molar-refractivity contribution < 1.29 is 0 Å². The Balaban J connectivity index is 2.70. The molecule has 0 amide bonds. The molecule has 2 N–H and O–H groups in total. The van der Waals surface area contributed by atoms with Gasteiger partial charge in [-0.1, -0.05) is 44.2 Å². The minimum atomic E-state index is -0.0879. The third kappa shape index (κ3) is 2.50. The van der Waals surface area contributed by atoms with Crippen LogP contribution in [0, 0.1) is 0 Å². The van der Waals surface area contributed by atoms with Crippen LogP contribution in [0.4, 0.5) is 5.82 Å². The highest BCUT2D eigenvalue weighted by Gasteiger charge is 2.25. The van der Waals surface area contributed by atoms with E-state index >= 15 is 0 Å². The van der Waals surface area contributed by atoms with Crippen LogP contribution in [0.1, 0.15) is 46.2 Å². The molecule has 1 heterocycles. The van der Waals surface area contributed by atoms with Crippen molar-refractivity contribution in [1.82, 2.24) is 9.55 Å². The molecule has 3 heteroatoms. The molecule has 0 unspecified atom stereocenters. The van der Waals surface area contributed by atoms with Crippen molar-refractivity contribution >= 4 is 5.82 Å². The first-order valence-corrected chi connectivity index (χ1v) is 6.76. The lowest BCUT2D eigenvalue weighted by molar-refractivity contribution is 0.406. The first-order chi connectivity index (χ1) is 8.82. The van der Waals surface area contributed by atoms with Crippen LogP contribution in [-0.2, 0) is 5.54 Å². The van der Waals surface area contributed by atoms with E-state index in [4.69, 9.17) is 10.7 Å². The zero-order valence-corrected chi connectivity index (χ0v) is 12.4. The second-order valence-electron chi connectivity index (χ2n) is 6.23. The number of benzene rings is 1. The van der Waals surface area contributed by atoms with Crippen molar-refractivity contribution in [1.29, 1.82) is 0 Å². The summed E-state index contributed by atoms with van der Waals surface area (Å²) >= 11 is 0. The molecule has 0 bridgehead atoms. The maximum Gasteiger partial charge on any atom is 0.142 e. The van der Waals surface area contributed by atoms with Crippen molar-refractivity contribution in [3.8, 4) is 11.4 Å². The molecule has 0 spiro atoms. The molecular formula is C16H23N3. The predicted molar refractivity (Wildman–Crippen MR) is 81.2 cm³/mol. The van der Waals surface area contributed by atoms with Gasteiger partial charge in [-0.3, -0.25) is 0 Å². The summed E-state index contributed by atoms with van der Waals surface area (Å²) in [6, 6.07) is 10.2. The van der Waals surface area contributed by atoms with Gasteiger partial charge < -0.3 is 10.3 Å². The molecule has 0 aliphatic carbocycles. The van der Waals surface area contributed by atoms with Crippen LogP contribution in [0.25, 0.3) is 11.4 Å². The molecule has 0 radical (unpaired) electrons. The first-order valence-electron chi connectivity index (χ1n) is 6.76. The van der Waals surface area contributed by atoms with Crippen molar-refractivity contribution in [3.05, 3.63) is 36.0 Å². The fraction of sp³-hybridized carbons (Fsp3) is 0.438. The molecule has 0 saturated heterocycles. The molecule has 2 rings (SSSR count). The van der Waals surface area contributed by atoms with Gasteiger partial charge in [-0.25, -0.2) is 4.98 Å². The Kier molecular flexibility index (Phi) is 3.40. The summed E-state index contributed by atoms with van der Waals surface area (Å²) in [5.74, 6) is 2.06. The predicted octanol–water partition coefficient (Wildman–Crippen LogP) is 4.01. The molecule has 102 valence electrons. The van der Waals surface area contributed by atoms with Crippen LogP contribution in [0.5, 0.6) is 0 Å². The summed E-state index contributed by atoms with van der Waals surface area (Å²) in [6.45, 7) is 10.7. The smallest absolute Gasteiger partial charge is 0.142 e. The molecule has 1 aromatic heterocycles. The quantitative estimate of drug-likeness (QED) is 0.883. The Morgan fingerprint density at radius 3 is 2.16 bits per heavy atom. The largest absolute Gasteiger partial charge is 0.384 e. The van der Waals surface area contributed by atoms with Crippen molar-refractivity contribution in [2.45, 2.75) is 46.1 Å². The minimum absolute atomic E-state index is 0.0879. The number of aromatic nitrogens is 2. The number of nitrogens with zero attached hydrogens (tertiary/aromatic N) is 2. The minimum Gasteiger partial charge on any atom is -0.384 e. The Morgan fingerprint density at radius 2 is 1.68 bits per heavy atom. The molecule has 1 aromatic carbocycles. The average molecular weight is 257 g/mol. The molecule has 0 atom stereocenters.